The van der Waals surface area contributed by atoms with Gasteiger partial charge in [0.25, 0.3) is 5.91 Å². The summed E-state index contributed by atoms with van der Waals surface area (Å²) in [5.41, 5.74) is 12.8. The topological polar surface area (TPSA) is 91.1 Å². The Balaban J connectivity index is 2.29. The lowest BCUT2D eigenvalue weighted by molar-refractivity contribution is 0.0999. The normalized spacial score (nSPS) is 10.7. The van der Waals surface area contributed by atoms with E-state index in [0.29, 0.717) is 23.1 Å². The van der Waals surface area contributed by atoms with E-state index in [9.17, 15) is 9.59 Å². The number of primary amides is 1. The van der Waals surface area contributed by atoms with E-state index < -0.39 is 11.3 Å². The van der Waals surface area contributed by atoms with Crippen LogP contribution in [0.4, 0.5) is 5.69 Å². The molecule has 110 valence electrons. The largest absolute Gasteiger partial charge is 0.398 e. The van der Waals surface area contributed by atoms with E-state index in [4.69, 9.17) is 11.5 Å². The molecule has 0 bridgehead atoms. The summed E-state index contributed by atoms with van der Waals surface area (Å²) in [6, 6.07) is 15.0. The molecule has 0 aliphatic rings. The van der Waals surface area contributed by atoms with Crippen LogP contribution in [-0.4, -0.2) is 10.5 Å². The lowest BCUT2D eigenvalue weighted by Crippen LogP contribution is -2.25. The standard InChI is InChI=1S/C17H15N3O2/c18-13-7-4-8-14-15(13)16(21)12(17(19)22)10-20(14)9-11-5-2-1-3-6-11/h1-8,10H,9,18H2,(H2,19,22). The summed E-state index contributed by atoms with van der Waals surface area (Å²) in [7, 11) is 0. The van der Waals surface area contributed by atoms with Gasteiger partial charge >= 0.3 is 0 Å². The Morgan fingerprint density at radius 1 is 1.05 bits per heavy atom. The molecule has 0 unspecified atom stereocenters. The third kappa shape index (κ3) is 2.33. The minimum atomic E-state index is -0.753. The number of pyridine rings is 1. The van der Waals surface area contributed by atoms with Crippen LogP contribution in [0.1, 0.15) is 15.9 Å². The molecule has 1 heterocycles. The molecule has 3 rings (SSSR count). The minimum absolute atomic E-state index is 0.0543. The average molecular weight is 293 g/mol. The van der Waals surface area contributed by atoms with Crippen LogP contribution in [-0.2, 0) is 6.54 Å². The van der Waals surface area contributed by atoms with Crippen LogP contribution in [0.5, 0.6) is 0 Å². The second-order valence-corrected chi connectivity index (χ2v) is 5.09. The van der Waals surface area contributed by atoms with Gasteiger partial charge in [0, 0.05) is 18.4 Å². The number of carbonyl (C=O) groups excluding carboxylic acids is 1. The van der Waals surface area contributed by atoms with E-state index in [-0.39, 0.29) is 5.56 Å². The number of carbonyl (C=O) groups is 1. The number of fused-ring (bicyclic) bond motifs is 1. The van der Waals surface area contributed by atoms with E-state index in [1.54, 1.807) is 18.2 Å². The molecular weight excluding hydrogens is 278 g/mol. The maximum Gasteiger partial charge on any atom is 0.254 e. The van der Waals surface area contributed by atoms with Crippen molar-refractivity contribution >= 4 is 22.5 Å². The van der Waals surface area contributed by atoms with Gasteiger partial charge in [-0.25, -0.2) is 0 Å². The fourth-order valence-electron chi connectivity index (χ4n) is 2.55. The Bertz CT molecular complexity index is 914. The molecule has 0 atom stereocenters. The third-order valence-electron chi connectivity index (χ3n) is 3.60. The number of nitrogens with two attached hydrogens (primary N) is 2. The zero-order valence-electron chi connectivity index (χ0n) is 11.8. The number of benzene rings is 2. The van der Waals surface area contributed by atoms with Crippen LogP contribution in [0.3, 0.4) is 0 Å². The second-order valence-electron chi connectivity index (χ2n) is 5.09. The Morgan fingerprint density at radius 2 is 1.77 bits per heavy atom. The fourth-order valence-corrected chi connectivity index (χ4v) is 2.55. The van der Waals surface area contributed by atoms with Gasteiger partial charge in [0.05, 0.1) is 10.9 Å². The highest BCUT2D eigenvalue weighted by Crippen LogP contribution is 2.19. The lowest BCUT2D eigenvalue weighted by Gasteiger charge is -2.13. The number of nitrogen functional groups attached to an aromatic ring is 1. The predicted octanol–water partition coefficient (Wildman–Crippen LogP) is 1.73. The second kappa shape index (κ2) is 5.37. The molecule has 22 heavy (non-hydrogen) atoms. The van der Waals surface area contributed by atoms with E-state index >= 15 is 0 Å². The average Bonchev–Trinajstić information content (AvgIpc) is 2.50. The molecule has 1 aromatic heterocycles. The minimum Gasteiger partial charge on any atom is -0.398 e. The van der Waals surface area contributed by atoms with Gasteiger partial charge in [0.15, 0.2) is 0 Å². The molecule has 0 aliphatic carbocycles. The van der Waals surface area contributed by atoms with Crippen molar-refractivity contribution in [2.24, 2.45) is 5.73 Å². The summed E-state index contributed by atoms with van der Waals surface area (Å²) >= 11 is 0. The van der Waals surface area contributed by atoms with Crippen molar-refractivity contribution < 1.29 is 4.79 Å². The molecule has 0 saturated heterocycles. The van der Waals surface area contributed by atoms with Gasteiger partial charge < -0.3 is 16.0 Å². The Hall–Kier alpha value is -3.08. The Kier molecular flexibility index (Phi) is 3.39. The van der Waals surface area contributed by atoms with Crippen molar-refractivity contribution in [3.05, 3.63) is 76.1 Å². The van der Waals surface area contributed by atoms with Gasteiger partial charge in [-0.2, -0.15) is 0 Å². The molecule has 3 aromatic rings. The van der Waals surface area contributed by atoms with Crippen molar-refractivity contribution in [1.82, 2.24) is 4.57 Å². The van der Waals surface area contributed by atoms with E-state index in [1.165, 1.54) is 6.20 Å². The maximum absolute atomic E-state index is 12.4. The highest BCUT2D eigenvalue weighted by molar-refractivity contribution is 5.99. The maximum atomic E-state index is 12.4. The van der Waals surface area contributed by atoms with Crippen molar-refractivity contribution in [2.45, 2.75) is 6.54 Å². The van der Waals surface area contributed by atoms with Gasteiger partial charge in [-0.1, -0.05) is 36.4 Å². The number of rotatable bonds is 3. The van der Waals surface area contributed by atoms with E-state index in [0.717, 1.165) is 5.56 Å². The van der Waals surface area contributed by atoms with Gasteiger partial charge in [-0.15, -0.1) is 0 Å². The van der Waals surface area contributed by atoms with Crippen LogP contribution in [0.15, 0.2) is 59.5 Å². The Morgan fingerprint density at radius 3 is 2.45 bits per heavy atom. The summed E-state index contributed by atoms with van der Waals surface area (Å²) in [6.45, 7) is 0.515. The number of aromatic nitrogens is 1. The smallest absolute Gasteiger partial charge is 0.254 e. The molecule has 1 amide bonds. The molecule has 0 saturated carbocycles. The highest BCUT2D eigenvalue weighted by Gasteiger charge is 2.14. The molecule has 0 aliphatic heterocycles. The first-order valence-corrected chi connectivity index (χ1v) is 6.83. The molecule has 0 fully saturated rings. The van der Waals surface area contributed by atoms with Crippen molar-refractivity contribution in [1.29, 1.82) is 0 Å². The van der Waals surface area contributed by atoms with Gasteiger partial charge in [0.1, 0.15) is 5.56 Å². The van der Waals surface area contributed by atoms with Crippen molar-refractivity contribution in [3.63, 3.8) is 0 Å². The summed E-state index contributed by atoms with van der Waals surface area (Å²) in [6.07, 6.45) is 1.50. The molecule has 4 N–H and O–H groups in total. The van der Waals surface area contributed by atoms with Crippen LogP contribution in [0, 0.1) is 0 Å². The first-order valence-electron chi connectivity index (χ1n) is 6.83. The quantitative estimate of drug-likeness (QED) is 0.720. The zero-order valence-corrected chi connectivity index (χ0v) is 11.8. The number of amides is 1. The molecule has 0 radical (unpaired) electrons. The number of nitrogens with zero attached hydrogens (tertiary/aromatic N) is 1. The highest BCUT2D eigenvalue weighted by atomic mass is 16.2. The van der Waals surface area contributed by atoms with E-state index in [1.807, 2.05) is 34.9 Å². The van der Waals surface area contributed by atoms with Crippen LogP contribution in [0.2, 0.25) is 0 Å². The van der Waals surface area contributed by atoms with E-state index in [2.05, 4.69) is 0 Å². The van der Waals surface area contributed by atoms with Crippen LogP contribution in [0.25, 0.3) is 10.9 Å². The summed E-state index contributed by atoms with van der Waals surface area (Å²) in [5.74, 6) is -0.753. The zero-order chi connectivity index (χ0) is 15.7. The van der Waals surface area contributed by atoms with Gasteiger partial charge in [-0.3, -0.25) is 9.59 Å². The molecule has 0 spiro atoms. The van der Waals surface area contributed by atoms with Crippen molar-refractivity contribution in [3.8, 4) is 0 Å². The summed E-state index contributed by atoms with van der Waals surface area (Å²) in [5, 5.41) is 0.328. The lowest BCUT2D eigenvalue weighted by atomic mass is 10.1. The number of hydrogen-bond donors (Lipinski definition) is 2. The molecule has 5 nitrogen and oxygen atoms in total. The SMILES string of the molecule is NC(=O)c1cn(Cc2ccccc2)c2cccc(N)c2c1=O. The van der Waals surface area contributed by atoms with Crippen LogP contribution >= 0.6 is 0 Å². The summed E-state index contributed by atoms with van der Waals surface area (Å²) in [4.78, 5) is 24.0. The first-order chi connectivity index (χ1) is 10.6. The van der Waals surface area contributed by atoms with Gasteiger partial charge in [-0.05, 0) is 17.7 Å². The first kappa shape index (κ1) is 13.9. The molecule has 2 aromatic carbocycles. The molecular formula is C17H15N3O2. The predicted molar refractivity (Wildman–Crippen MR) is 86.7 cm³/mol. The Labute approximate surface area is 126 Å². The third-order valence-corrected chi connectivity index (χ3v) is 3.60. The summed E-state index contributed by atoms with van der Waals surface area (Å²) < 4.78 is 1.82. The fraction of sp³-hybridized carbons (Fsp3) is 0.0588. The number of anilines is 1. The van der Waals surface area contributed by atoms with Gasteiger partial charge in [0.2, 0.25) is 5.43 Å². The number of hydrogen-bond acceptors (Lipinski definition) is 3. The molecule has 5 heteroatoms. The van der Waals surface area contributed by atoms with Crippen molar-refractivity contribution in [2.75, 3.05) is 5.73 Å². The monoisotopic (exact) mass is 293 g/mol. The van der Waals surface area contributed by atoms with Crippen LogP contribution < -0.4 is 16.9 Å².